The van der Waals surface area contributed by atoms with Gasteiger partial charge in [-0.25, -0.2) is 0 Å². The van der Waals surface area contributed by atoms with Crippen LogP contribution < -0.4 is 15.4 Å². The van der Waals surface area contributed by atoms with Gasteiger partial charge in [-0.05, 0) is 30.7 Å². The average molecular weight is 410 g/mol. The van der Waals surface area contributed by atoms with E-state index in [9.17, 15) is 4.79 Å². The van der Waals surface area contributed by atoms with Crippen LogP contribution in [0.4, 0.5) is 5.69 Å². The van der Waals surface area contributed by atoms with Crippen LogP contribution in [0.15, 0.2) is 42.5 Å². The van der Waals surface area contributed by atoms with Gasteiger partial charge < -0.3 is 15.4 Å². The Labute approximate surface area is 171 Å². The zero-order chi connectivity index (χ0) is 18.5. The van der Waals surface area contributed by atoms with Crippen molar-refractivity contribution in [2.24, 2.45) is 0 Å². The molecule has 2 aromatic carbocycles. The van der Waals surface area contributed by atoms with E-state index in [2.05, 4.69) is 21.6 Å². The van der Waals surface area contributed by atoms with E-state index in [1.165, 1.54) is 0 Å². The molecular weight excluding hydrogens is 385 g/mol. The van der Waals surface area contributed by atoms with Crippen molar-refractivity contribution in [3.63, 3.8) is 0 Å². The van der Waals surface area contributed by atoms with Crippen LogP contribution in [-0.2, 0) is 4.79 Å². The molecule has 0 radical (unpaired) electrons. The number of rotatable bonds is 5. The molecule has 1 amide bonds. The zero-order valence-electron chi connectivity index (χ0n) is 15.5. The molecule has 3 rings (SSSR count). The van der Waals surface area contributed by atoms with Crippen molar-refractivity contribution in [3.05, 3.63) is 58.6 Å². The van der Waals surface area contributed by atoms with E-state index in [1.807, 2.05) is 43.3 Å². The second kappa shape index (κ2) is 9.95. The second-order valence-electron chi connectivity index (χ2n) is 6.39. The third-order valence-electron chi connectivity index (χ3n) is 4.74. The van der Waals surface area contributed by atoms with E-state index >= 15 is 0 Å². The highest BCUT2D eigenvalue weighted by Gasteiger charge is 2.27. The lowest BCUT2D eigenvalue weighted by atomic mass is 10.0. The topological polar surface area (TPSA) is 53.6 Å². The summed E-state index contributed by atoms with van der Waals surface area (Å²) < 4.78 is 5.51. The summed E-state index contributed by atoms with van der Waals surface area (Å²) in [6, 6.07) is 13.6. The van der Waals surface area contributed by atoms with Gasteiger partial charge in [0.1, 0.15) is 5.75 Å². The van der Waals surface area contributed by atoms with Crippen molar-refractivity contribution in [2.45, 2.75) is 13.0 Å². The summed E-state index contributed by atoms with van der Waals surface area (Å²) in [7, 11) is 1.67. The summed E-state index contributed by atoms with van der Waals surface area (Å²) in [5, 5.41) is 7.04. The largest absolute Gasteiger partial charge is 0.496 e. The van der Waals surface area contributed by atoms with Gasteiger partial charge in [0, 0.05) is 35.9 Å². The number of hydrogen-bond donors (Lipinski definition) is 2. The predicted molar refractivity (Wildman–Crippen MR) is 112 cm³/mol. The molecule has 1 fully saturated rings. The van der Waals surface area contributed by atoms with Crippen molar-refractivity contribution in [1.82, 2.24) is 10.2 Å². The Bertz CT molecular complexity index is 786. The molecule has 2 N–H and O–H groups in total. The fourth-order valence-corrected chi connectivity index (χ4v) is 3.48. The molecule has 1 aliphatic rings. The number of piperazine rings is 1. The summed E-state index contributed by atoms with van der Waals surface area (Å²) in [5.74, 6) is 0.800. The molecule has 0 aliphatic carbocycles. The van der Waals surface area contributed by atoms with Crippen LogP contribution >= 0.6 is 24.0 Å². The van der Waals surface area contributed by atoms with Crippen LogP contribution in [0.3, 0.4) is 0 Å². The molecule has 1 heterocycles. The number of carbonyl (C=O) groups excluding carboxylic acids is 1. The molecule has 1 saturated heterocycles. The van der Waals surface area contributed by atoms with Crippen LogP contribution in [0, 0.1) is 6.92 Å². The standard InChI is InChI=1S/C20H24ClN3O2.ClH/c1-14-16(21)7-5-8-17(14)23-20(25)13-24-11-10-22-12-18(24)15-6-3-4-9-19(15)26-2;/h3-9,18,22H,10-13H2,1-2H3,(H,23,25);1H. The highest BCUT2D eigenvalue weighted by Crippen LogP contribution is 2.30. The first-order valence-electron chi connectivity index (χ1n) is 8.73. The van der Waals surface area contributed by atoms with E-state index in [-0.39, 0.29) is 24.4 Å². The van der Waals surface area contributed by atoms with Crippen molar-refractivity contribution in [1.29, 1.82) is 0 Å². The van der Waals surface area contributed by atoms with Gasteiger partial charge >= 0.3 is 0 Å². The summed E-state index contributed by atoms with van der Waals surface area (Å²) in [6.45, 7) is 4.65. The van der Waals surface area contributed by atoms with Gasteiger partial charge in [-0.15, -0.1) is 12.4 Å². The van der Waals surface area contributed by atoms with Gasteiger partial charge in [-0.3, -0.25) is 9.69 Å². The lowest BCUT2D eigenvalue weighted by Crippen LogP contribution is -2.48. The number of nitrogens with one attached hydrogen (secondary N) is 2. The van der Waals surface area contributed by atoms with Gasteiger partial charge in [-0.1, -0.05) is 35.9 Å². The number of anilines is 1. The number of methoxy groups -OCH3 is 1. The third-order valence-corrected chi connectivity index (χ3v) is 5.15. The highest BCUT2D eigenvalue weighted by molar-refractivity contribution is 6.31. The normalized spacial score (nSPS) is 17.1. The molecule has 2 aromatic rings. The maximum absolute atomic E-state index is 12.6. The first-order chi connectivity index (χ1) is 12.6. The van der Waals surface area contributed by atoms with E-state index in [0.717, 1.165) is 42.2 Å². The molecule has 1 unspecified atom stereocenters. The Balaban J connectivity index is 0.00000261. The van der Waals surface area contributed by atoms with E-state index in [4.69, 9.17) is 16.3 Å². The summed E-state index contributed by atoms with van der Waals surface area (Å²) in [6.07, 6.45) is 0. The summed E-state index contributed by atoms with van der Waals surface area (Å²) >= 11 is 6.14. The average Bonchev–Trinajstić information content (AvgIpc) is 2.66. The maximum Gasteiger partial charge on any atom is 0.238 e. The molecule has 0 aromatic heterocycles. The first kappa shape index (κ1) is 21.5. The number of carbonyl (C=O) groups is 1. The minimum Gasteiger partial charge on any atom is -0.496 e. The molecule has 146 valence electrons. The zero-order valence-corrected chi connectivity index (χ0v) is 17.1. The van der Waals surface area contributed by atoms with Crippen molar-refractivity contribution in [2.75, 3.05) is 38.6 Å². The van der Waals surface area contributed by atoms with Gasteiger partial charge in [0.05, 0.1) is 19.7 Å². The molecule has 1 aliphatic heterocycles. The number of ether oxygens (including phenoxy) is 1. The van der Waals surface area contributed by atoms with Crippen LogP contribution in [0.2, 0.25) is 5.02 Å². The summed E-state index contributed by atoms with van der Waals surface area (Å²) in [4.78, 5) is 14.8. The fourth-order valence-electron chi connectivity index (χ4n) is 3.30. The highest BCUT2D eigenvalue weighted by atomic mass is 35.5. The third kappa shape index (κ3) is 5.14. The molecule has 0 bridgehead atoms. The Hall–Kier alpha value is -1.79. The van der Waals surface area contributed by atoms with Crippen LogP contribution in [-0.4, -0.2) is 44.1 Å². The van der Waals surface area contributed by atoms with Crippen molar-refractivity contribution >= 4 is 35.6 Å². The lowest BCUT2D eigenvalue weighted by Gasteiger charge is -2.36. The molecule has 27 heavy (non-hydrogen) atoms. The maximum atomic E-state index is 12.6. The number of hydrogen-bond acceptors (Lipinski definition) is 4. The SMILES string of the molecule is COc1ccccc1C1CNCCN1CC(=O)Nc1cccc(Cl)c1C.Cl. The number of benzene rings is 2. The summed E-state index contributed by atoms with van der Waals surface area (Å²) in [5.41, 5.74) is 2.73. The minimum absolute atomic E-state index is 0. The van der Waals surface area contributed by atoms with Gasteiger partial charge in [0.15, 0.2) is 0 Å². The number of para-hydroxylation sites is 1. The smallest absolute Gasteiger partial charge is 0.238 e. The lowest BCUT2D eigenvalue weighted by molar-refractivity contribution is -0.118. The quantitative estimate of drug-likeness (QED) is 0.790. The van der Waals surface area contributed by atoms with Crippen molar-refractivity contribution in [3.8, 4) is 5.75 Å². The fraction of sp³-hybridized carbons (Fsp3) is 0.350. The second-order valence-corrected chi connectivity index (χ2v) is 6.80. The number of halogens is 2. The molecule has 5 nitrogen and oxygen atoms in total. The van der Waals surface area contributed by atoms with Crippen LogP contribution in [0.5, 0.6) is 5.75 Å². The van der Waals surface area contributed by atoms with Gasteiger partial charge in [0.2, 0.25) is 5.91 Å². The van der Waals surface area contributed by atoms with Crippen LogP contribution in [0.1, 0.15) is 17.2 Å². The first-order valence-corrected chi connectivity index (χ1v) is 9.10. The molecule has 1 atom stereocenters. The van der Waals surface area contributed by atoms with Crippen LogP contribution in [0.25, 0.3) is 0 Å². The van der Waals surface area contributed by atoms with E-state index < -0.39 is 0 Å². The van der Waals surface area contributed by atoms with E-state index in [1.54, 1.807) is 7.11 Å². The Morgan fingerprint density at radius 2 is 2.07 bits per heavy atom. The van der Waals surface area contributed by atoms with E-state index in [0.29, 0.717) is 11.6 Å². The molecule has 7 heteroatoms. The Kier molecular flexibility index (Phi) is 7.92. The monoisotopic (exact) mass is 409 g/mol. The molecular formula is C20H25Cl2N3O2. The number of amides is 1. The van der Waals surface area contributed by atoms with Gasteiger partial charge in [0.25, 0.3) is 0 Å². The number of nitrogens with zero attached hydrogens (tertiary/aromatic N) is 1. The minimum atomic E-state index is -0.0443. The molecule has 0 spiro atoms. The predicted octanol–water partition coefficient (Wildman–Crippen LogP) is 3.66. The van der Waals surface area contributed by atoms with Gasteiger partial charge in [-0.2, -0.15) is 0 Å². The Morgan fingerprint density at radius 1 is 1.30 bits per heavy atom. The Morgan fingerprint density at radius 3 is 2.85 bits per heavy atom. The van der Waals surface area contributed by atoms with Crippen molar-refractivity contribution < 1.29 is 9.53 Å². The molecule has 0 saturated carbocycles.